The van der Waals surface area contributed by atoms with Crippen LogP contribution in [0.5, 0.6) is 0 Å². The van der Waals surface area contributed by atoms with Gasteiger partial charge < -0.3 is 14.8 Å². The minimum absolute atomic E-state index is 0.120. The molecule has 1 aliphatic heterocycles. The van der Waals surface area contributed by atoms with Crippen molar-refractivity contribution in [3.05, 3.63) is 18.3 Å². The first-order valence-electron chi connectivity index (χ1n) is 6.72. The molecule has 0 aromatic carbocycles. The highest BCUT2D eigenvalue weighted by molar-refractivity contribution is 5.41. The molecule has 3 heterocycles. The van der Waals surface area contributed by atoms with Crippen molar-refractivity contribution in [2.45, 2.75) is 32.1 Å². The van der Waals surface area contributed by atoms with Crippen LogP contribution in [0, 0.1) is 5.92 Å². The summed E-state index contributed by atoms with van der Waals surface area (Å²) in [5.74, 6) is 2.38. The molecule has 102 valence electrons. The normalized spacial score (nSPS) is 20.6. The Hall–Kier alpha value is -1.69. The quantitative estimate of drug-likeness (QED) is 0.879. The van der Waals surface area contributed by atoms with E-state index in [1.807, 2.05) is 0 Å². The fraction of sp³-hybridized carbons (Fsp3) is 0.615. The lowest BCUT2D eigenvalue weighted by atomic mass is 9.75. The van der Waals surface area contributed by atoms with Crippen molar-refractivity contribution in [1.82, 2.24) is 25.4 Å². The maximum absolute atomic E-state index is 5.46. The molecule has 3 rings (SSSR count). The van der Waals surface area contributed by atoms with Crippen LogP contribution >= 0.6 is 0 Å². The molecular formula is C13H19N5O. The van der Waals surface area contributed by atoms with Crippen molar-refractivity contribution in [1.29, 1.82) is 0 Å². The molecule has 0 spiro atoms. The molecule has 0 saturated carbocycles. The summed E-state index contributed by atoms with van der Waals surface area (Å²) in [6.45, 7) is 6.45. The van der Waals surface area contributed by atoms with Crippen molar-refractivity contribution in [3.63, 3.8) is 0 Å². The minimum Gasteiger partial charge on any atom is -0.342 e. The molecule has 1 aliphatic rings. The van der Waals surface area contributed by atoms with Crippen molar-refractivity contribution in [3.8, 4) is 11.6 Å². The molecule has 1 fully saturated rings. The lowest BCUT2D eigenvalue weighted by molar-refractivity contribution is 0.196. The molecule has 6 heteroatoms. The van der Waals surface area contributed by atoms with Crippen LogP contribution in [0.15, 0.2) is 16.9 Å². The first-order valence-corrected chi connectivity index (χ1v) is 6.72. The van der Waals surface area contributed by atoms with Gasteiger partial charge in [-0.3, -0.25) is 0 Å². The zero-order chi connectivity index (χ0) is 13.3. The van der Waals surface area contributed by atoms with Gasteiger partial charge in [-0.25, -0.2) is 4.98 Å². The molecule has 6 nitrogen and oxygen atoms in total. The average molecular weight is 261 g/mol. The number of aromatic nitrogens is 4. The number of nitrogens with one attached hydrogen (secondary N) is 2. The third-order valence-corrected chi connectivity index (χ3v) is 4.00. The van der Waals surface area contributed by atoms with E-state index < -0.39 is 0 Å². The molecule has 1 atom stereocenters. The number of hydrogen-bond acceptors (Lipinski definition) is 5. The molecule has 0 amide bonds. The standard InChI is InChI=1S/C13H19N5O/c1-13(2,9-4-3-5-14-8-9)12-17-11(18-19-12)10-15-6-7-16-10/h6-7,9,14H,3-5,8H2,1-2H3,(H,15,16). The van der Waals surface area contributed by atoms with Crippen LogP contribution in [0.2, 0.25) is 0 Å². The van der Waals surface area contributed by atoms with E-state index in [9.17, 15) is 0 Å². The van der Waals surface area contributed by atoms with Gasteiger partial charge in [-0.05, 0) is 31.8 Å². The van der Waals surface area contributed by atoms with Gasteiger partial charge in [0.15, 0.2) is 5.82 Å². The van der Waals surface area contributed by atoms with Gasteiger partial charge in [0.1, 0.15) is 0 Å². The van der Waals surface area contributed by atoms with E-state index >= 15 is 0 Å². The van der Waals surface area contributed by atoms with E-state index in [4.69, 9.17) is 4.52 Å². The largest absolute Gasteiger partial charge is 0.342 e. The molecule has 1 unspecified atom stereocenters. The number of nitrogens with zero attached hydrogens (tertiary/aromatic N) is 3. The highest BCUT2D eigenvalue weighted by Gasteiger charge is 2.37. The van der Waals surface area contributed by atoms with Gasteiger partial charge in [-0.2, -0.15) is 4.98 Å². The van der Waals surface area contributed by atoms with E-state index in [0.29, 0.717) is 23.5 Å². The number of hydrogen-bond donors (Lipinski definition) is 2. The highest BCUT2D eigenvalue weighted by Crippen LogP contribution is 2.35. The Labute approximate surface area is 112 Å². The Kier molecular flexibility index (Phi) is 3.10. The second-order valence-corrected chi connectivity index (χ2v) is 5.63. The van der Waals surface area contributed by atoms with Gasteiger partial charge >= 0.3 is 0 Å². The van der Waals surface area contributed by atoms with Crippen molar-refractivity contribution in [2.75, 3.05) is 13.1 Å². The van der Waals surface area contributed by atoms with Gasteiger partial charge in [-0.1, -0.05) is 19.0 Å². The zero-order valence-electron chi connectivity index (χ0n) is 11.3. The summed E-state index contributed by atoms with van der Waals surface area (Å²) in [4.78, 5) is 11.6. The summed E-state index contributed by atoms with van der Waals surface area (Å²) in [6, 6.07) is 0. The number of piperidine rings is 1. The number of imidazole rings is 1. The Morgan fingerprint density at radius 3 is 3.00 bits per heavy atom. The third-order valence-electron chi connectivity index (χ3n) is 4.00. The van der Waals surface area contributed by atoms with Gasteiger partial charge in [0.05, 0.1) is 0 Å². The van der Waals surface area contributed by atoms with Crippen molar-refractivity contribution < 1.29 is 4.52 Å². The Morgan fingerprint density at radius 2 is 2.32 bits per heavy atom. The van der Waals surface area contributed by atoms with Gasteiger partial charge in [0.2, 0.25) is 11.7 Å². The average Bonchev–Trinajstić information content (AvgIpc) is 3.10. The van der Waals surface area contributed by atoms with Crippen LogP contribution in [0.1, 0.15) is 32.6 Å². The third kappa shape index (κ3) is 2.28. The summed E-state index contributed by atoms with van der Waals surface area (Å²) in [5.41, 5.74) is -0.120. The maximum atomic E-state index is 5.46. The van der Waals surface area contributed by atoms with E-state index in [1.165, 1.54) is 12.8 Å². The summed E-state index contributed by atoms with van der Waals surface area (Å²) in [6.07, 6.45) is 5.83. The first-order chi connectivity index (χ1) is 9.18. The fourth-order valence-corrected chi connectivity index (χ4v) is 2.61. The van der Waals surface area contributed by atoms with Crippen LogP contribution in [-0.4, -0.2) is 33.2 Å². The van der Waals surface area contributed by atoms with Crippen molar-refractivity contribution in [2.24, 2.45) is 5.92 Å². The van der Waals surface area contributed by atoms with E-state index in [1.54, 1.807) is 12.4 Å². The Morgan fingerprint density at radius 1 is 1.42 bits per heavy atom. The molecule has 19 heavy (non-hydrogen) atoms. The van der Waals surface area contributed by atoms with Crippen LogP contribution < -0.4 is 5.32 Å². The summed E-state index contributed by atoms with van der Waals surface area (Å²) in [7, 11) is 0. The Bertz CT molecular complexity index is 525. The van der Waals surface area contributed by atoms with E-state index in [0.717, 1.165) is 13.1 Å². The second-order valence-electron chi connectivity index (χ2n) is 5.63. The molecule has 1 saturated heterocycles. The molecule has 2 N–H and O–H groups in total. The zero-order valence-corrected chi connectivity index (χ0v) is 11.3. The van der Waals surface area contributed by atoms with E-state index in [-0.39, 0.29) is 5.41 Å². The molecule has 2 aromatic rings. The SMILES string of the molecule is CC(C)(c1nc(-c2ncc[nH]2)no1)C1CCCNC1. The molecule has 2 aromatic heterocycles. The summed E-state index contributed by atoms with van der Waals surface area (Å²) < 4.78 is 5.46. The monoisotopic (exact) mass is 261 g/mol. The predicted molar refractivity (Wildman–Crippen MR) is 70.5 cm³/mol. The second kappa shape index (κ2) is 4.77. The van der Waals surface area contributed by atoms with Gasteiger partial charge in [-0.15, -0.1) is 0 Å². The number of rotatable bonds is 3. The lowest BCUT2D eigenvalue weighted by Crippen LogP contribution is -2.40. The van der Waals surface area contributed by atoms with Gasteiger partial charge in [0.25, 0.3) is 0 Å². The number of H-pyrrole nitrogens is 1. The molecule has 0 radical (unpaired) electrons. The first kappa shape index (κ1) is 12.3. The van der Waals surface area contributed by atoms with Crippen molar-refractivity contribution >= 4 is 0 Å². The van der Waals surface area contributed by atoms with Crippen LogP contribution in [0.3, 0.4) is 0 Å². The van der Waals surface area contributed by atoms with Crippen LogP contribution in [-0.2, 0) is 5.41 Å². The smallest absolute Gasteiger partial charge is 0.238 e. The van der Waals surface area contributed by atoms with Crippen LogP contribution in [0.25, 0.3) is 11.6 Å². The molecular weight excluding hydrogens is 242 g/mol. The summed E-state index contributed by atoms with van der Waals surface area (Å²) in [5, 5.41) is 7.46. The van der Waals surface area contributed by atoms with E-state index in [2.05, 4.69) is 39.3 Å². The topological polar surface area (TPSA) is 79.6 Å². The molecule has 0 aliphatic carbocycles. The summed E-state index contributed by atoms with van der Waals surface area (Å²) >= 11 is 0. The lowest BCUT2D eigenvalue weighted by Gasteiger charge is -2.34. The fourth-order valence-electron chi connectivity index (χ4n) is 2.61. The highest BCUT2D eigenvalue weighted by atomic mass is 16.5. The predicted octanol–water partition coefficient (Wildman–Crippen LogP) is 1.74. The Balaban J connectivity index is 1.84. The molecule has 0 bridgehead atoms. The minimum atomic E-state index is -0.120. The van der Waals surface area contributed by atoms with Crippen LogP contribution in [0.4, 0.5) is 0 Å². The maximum Gasteiger partial charge on any atom is 0.238 e. The number of aromatic amines is 1. The van der Waals surface area contributed by atoms with Gasteiger partial charge in [0, 0.05) is 17.8 Å².